The highest BCUT2D eigenvalue weighted by Crippen LogP contribution is 2.46. The Morgan fingerprint density at radius 1 is 1.47 bits per heavy atom. The number of amides is 1. The Bertz CT molecular complexity index is 1070. The number of carboxylic acid groups (broad SMARTS) is 2. The van der Waals surface area contributed by atoms with Crippen molar-refractivity contribution in [2.45, 2.75) is 36.9 Å². The van der Waals surface area contributed by atoms with Gasteiger partial charge in [0.1, 0.15) is 29.5 Å². The molecule has 15 heteroatoms. The lowest BCUT2D eigenvalue weighted by molar-refractivity contribution is -0.187. The van der Waals surface area contributed by atoms with E-state index in [2.05, 4.69) is 15.3 Å². The van der Waals surface area contributed by atoms with E-state index in [0.717, 1.165) is 4.90 Å². The van der Waals surface area contributed by atoms with Crippen LogP contribution < -0.4 is 11.1 Å². The van der Waals surface area contributed by atoms with Crippen molar-refractivity contribution in [2.24, 2.45) is 5.73 Å². The fraction of sp³-hybridized carbons (Fsp3) is 0.474. The van der Waals surface area contributed by atoms with Gasteiger partial charge in [0.25, 0.3) is 11.6 Å². The minimum atomic E-state index is -1.59. The Hall–Kier alpha value is -3.01. The number of rotatable bonds is 10. The summed E-state index contributed by atoms with van der Waals surface area (Å²) in [5.74, 6) is -3.06. The number of aromatic nitrogens is 2. The Balaban J connectivity index is 1.72. The van der Waals surface area contributed by atoms with E-state index in [1.165, 1.54) is 32.0 Å². The molecule has 0 radical (unpaired) electrons. The van der Waals surface area contributed by atoms with Crippen LogP contribution in [0.25, 0.3) is 0 Å². The first kappa shape index (κ1) is 25.6. The zero-order valence-corrected chi connectivity index (χ0v) is 19.8. The molecule has 3 heterocycles. The third-order valence-corrected chi connectivity index (χ3v) is 6.79. The topological polar surface area (TPSA) is 197 Å². The number of nitrogens with one attached hydrogen (secondary N) is 2. The zero-order valence-electron chi connectivity index (χ0n) is 18.2. The Kier molecular flexibility index (Phi) is 7.60. The molecule has 3 rings (SSSR count). The van der Waals surface area contributed by atoms with Crippen molar-refractivity contribution in [1.82, 2.24) is 20.2 Å². The van der Waals surface area contributed by atoms with Gasteiger partial charge in [-0.15, -0.1) is 11.8 Å². The SMILES string of the molecule is CO[C@@]1(NC(=S)Cc2nc(CC(N)C(=O)O)c[nH]2)C(=O)N2C(C(=O)O)=C(COC(C)=O)CS[C@H]21. The molecule has 1 amide bonds. The van der Waals surface area contributed by atoms with E-state index < -0.39 is 41.0 Å². The number of nitrogens with two attached hydrogens (primary N) is 1. The standard InChI is InChI=1S/C19H23N5O8S2/c1-8(25)32-6-9-7-34-18-19(31-2,17(30)24(18)14(9)16(28)29)23-13(33)4-12-21-5-10(22-12)3-11(20)15(26)27/h5,11,18H,3-4,6-7,20H2,1-2H3,(H,21,22)(H,23,33)(H,26,27)(H,28,29)/t11?,18-,19-/m0/s1. The van der Waals surface area contributed by atoms with Crippen LogP contribution in [0.5, 0.6) is 0 Å². The van der Waals surface area contributed by atoms with Gasteiger partial charge in [0.15, 0.2) is 0 Å². The van der Waals surface area contributed by atoms with Gasteiger partial charge in [0.2, 0.25) is 0 Å². The van der Waals surface area contributed by atoms with Crippen LogP contribution in [-0.4, -0.2) is 90.5 Å². The average molecular weight is 514 g/mol. The average Bonchev–Trinajstić information content (AvgIpc) is 3.21. The summed E-state index contributed by atoms with van der Waals surface area (Å²) in [5.41, 5.74) is 4.42. The number of carbonyl (C=O) groups is 4. The lowest BCUT2D eigenvalue weighted by atomic mass is 9.98. The minimum absolute atomic E-state index is 0.0279. The Morgan fingerprint density at radius 3 is 2.76 bits per heavy atom. The first-order chi connectivity index (χ1) is 16.0. The molecule has 184 valence electrons. The predicted molar refractivity (Wildman–Crippen MR) is 121 cm³/mol. The van der Waals surface area contributed by atoms with E-state index in [1.807, 2.05) is 0 Å². The maximum atomic E-state index is 13.1. The van der Waals surface area contributed by atoms with Gasteiger partial charge in [-0.2, -0.15) is 0 Å². The van der Waals surface area contributed by atoms with Gasteiger partial charge in [-0.25, -0.2) is 9.78 Å². The second kappa shape index (κ2) is 10.1. The fourth-order valence-corrected chi connectivity index (χ4v) is 5.27. The molecule has 6 N–H and O–H groups in total. The molecule has 3 atom stereocenters. The zero-order chi connectivity index (χ0) is 25.2. The van der Waals surface area contributed by atoms with Crippen LogP contribution in [0.3, 0.4) is 0 Å². The smallest absolute Gasteiger partial charge is 0.352 e. The van der Waals surface area contributed by atoms with E-state index in [4.69, 9.17) is 32.5 Å². The third kappa shape index (κ3) is 4.91. The monoisotopic (exact) mass is 513 g/mol. The van der Waals surface area contributed by atoms with Gasteiger partial charge in [0, 0.05) is 38.0 Å². The minimum Gasteiger partial charge on any atom is -0.480 e. The molecule has 34 heavy (non-hydrogen) atoms. The van der Waals surface area contributed by atoms with Gasteiger partial charge < -0.3 is 35.7 Å². The number of carboxylic acids is 2. The number of ether oxygens (including phenoxy) is 2. The van der Waals surface area contributed by atoms with Gasteiger partial charge in [-0.1, -0.05) is 12.2 Å². The number of thioether (sulfide) groups is 1. The number of fused-ring (bicyclic) bond motifs is 1. The first-order valence-electron chi connectivity index (χ1n) is 9.91. The normalized spacial score (nSPS) is 22.5. The highest BCUT2D eigenvalue weighted by Gasteiger charge is 2.66. The van der Waals surface area contributed by atoms with Gasteiger partial charge in [0.05, 0.1) is 17.1 Å². The van der Waals surface area contributed by atoms with Crippen LogP contribution in [0, 0.1) is 0 Å². The molecule has 2 aliphatic heterocycles. The van der Waals surface area contributed by atoms with Crippen LogP contribution in [0.15, 0.2) is 17.5 Å². The first-order valence-corrected chi connectivity index (χ1v) is 11.4. The number of thiocarbonyl (C=S) groups is 1. The van der Waals surface area contributed by atoms with Gasteiger partial charge in [-0.3, -0.25) is 19.3 Å². The van der Waals surface area contributed by atoms with Gasteiger partial charge >= 0.3 is 17.9 Å². The van der Waals surface area contributed by atoms with Crippen molar-refractivity contribution in [2.75, 3.05) is 19.5 Å². The molecule has 0 aliphatic carbocycles. The lowest BCUT2D eigenvalue weighted by Gasteiger charge is -2.56. The molecule has 0 aromatic carbocycles. The number of methoxy groups -OCH3 is 1. The number of imidazole rings is 1. The number of aliphatic carboxylic acids is 2. The molecule has 13 nitrogen and oxygen atoms in total. The van der Waals surface area contributed by atoms with Crippen molar-refractivity contribution in [1.29, 1.82) is 0 Å². The molecule has 2 aliphatic rings. The van der Waals surface area contributed by atoms with E-state index in [-0.39, 0.29) is 35.9 Å². The van der Waals surface area contributed by atoms with Crippen LogP contribution in [0.4, 0.5) is 0 Å². The molecular weight excluding hydrogens is 490 g/mol. The second-order valence-corrected chi connectivity index (χ2v) is 9.09. The predicted octanol–water partition coefficient (Wildman–Crippen LogP) is -1.02. The number of hydrogen-bond acceptors (Lipinski definition) is 10. The molecule has 1 saturated heterocycles. The molecule has 1 aromatic rings. The highest BCUT2D eigenvalue weighted by molar-refractivity contribution is 8.00. The molecule has 0 spiro atoms. The molecule has 1 aromatic heterocycles. The highest BCUT2D eigenvalue weighted by atomic mass is 32.2. The van der Waals surface area contributed by atoms with Crippen molar-refractivity contribution in [3.05, 3.63) is 29.0 Å². The van der Waals surface area contributed by atoms with Crippen LogP contribution >= 0.6 is 24.0 Å². The maximum Gasteiger partial charge on any atom is 0.352 e. The molecule has 0 bridgehead atoms. The summed E-state index contributed by atoms with van der Waals surface area (Å²) < 4.78 is 10.4. The number of nitrogens with zero attached hydrogens (tertiary/aromatic N) is 2. The summed E-state index contributed by atoms with van der Waals surface area (Å²) >= 11 is 6.62. The number of esters is 1. The van der Waals surface area contributed by atoms with Crippen molar-refractivity contribution >= 4 is 52.8 Å². The largest absolute Gasteiger partial charge is 0.480 e. The maximum absolute atomic E-state index is 13.1. The summed E-state index contributed by atoms with van der Waals surface area (Å²) in [7, 11) is 1.31. The number of aromatic amines is 1. The molecule has 1 fully saturated rings. The number of H-pyrrole nitrogens is 1. The summed E-state index contributed by atoms with van der Waals surface area (Å²) in [6.45, 7) is 0.969. The number of β-lactam (4-membered cyclic amide) rings is 1. The third-order valence-electron chi connectivity index (χ3n) is 5.17. The van der Waals surface area contributed by atoms with E-state index >= 15 is 0 Å². The Labute approximate surface area is 203 Å². The van der Waals surface area contributed by atoms with E-state index in [0.29, 0.717) is 17.1 Å². The fourth-order valence-electron chi connectivity index (χ4n) is 3.56. The van der Waals surface area contributed by atoms with Crippen molar-refractivity contribution < 1.29 is 38.9 Å². The van der Waals surface area contributed by atoms with Crippen molar-refractivity contribution in [3.63, 3.8) is 0 Å². The quantitative estimate of drug-likeness (QED) is 0.110. The lowest BCUT2D eigenvalue weighted by Crippen LogP contribution is -2.80. The summed E-state index contributed by atoms with van der Waals surface area (Å²) in [6.07, 6.45) is 1.64. The summed E-state index contributed by atoms with van der Waals surface area (Å²) in [4.78, 5) is 55.4. The second-order valence-electron chi connectivity index (χ2n) is 7.53. The molecular formula is C19H23N5O8S2. The molecule has 1 unspecified atom stereocenters. The van der Waals surface area contributed by atoms with Crippen molar-refractivity contribution in [3.8, 4) is 0 Å². The van der Waals surface area contributed by atoms with Crippen LogP contribution in [0.2, 0.25) is 0 Å². The number of carbonyl (C=O) groups excluding carboxylic acids is 2. The summed E-state index contributed by atoms with van der Waals surface area (Å²) in [6, 6.07) is -1.10. The Morgan fingerprint density at radius 2 is 2.18 bits per heavy atom. The summed E-state index contributed by atoms with van der Waals surface area (Å²) in [5, 5.41) is 20.8. The number of hydrogen-bond donors (Lipinski definition) is 5. The van der Waals surface area contributed by atoms with E-state index in [1.54, 1.807) is 0 Å². The van der Waals surface area contributed by atoms with Crippen LogP contribution in [0.1, 0.15) is 18.4 Å². The molecule has 0 saturated carbocycles. The van der Waals surface area contributed by atoms with Crippen LogP contribution in [-0.2, 0) is 41.5 Å². The van der Waals surface area contributed by atoms with E-state index in [9.17, 15) is 24.3 Å². The van der Waals surface area contributed by atoms with Gasteiger partial charge in [-0.05, 0) is 0 Å².